The number of fused-ring (bicyclic) bond motifs is 1. The van der Waals surface area contributed by atoms with E-state index in [0.29, 0.717) is 32.9 Å². The molecule has 0 bridgehead atoms. The van der Waals surface area contributed by atoms with Crippen molar-refractivity contribution in [2.75, 3.05) is 13.3 Å². The van der Waals surface area contributed by atoms with Gasteiger partial charge in [-0.2, -0.15) is 26.6 Å². The van der Waals surface area contributed by atoms with Crippen LogP contribution in [0.2, 0.25) is 0 Å². The van der Waals surface area contributed by atoms with Crippen molar-refractivity contribution in [2.45, 2.75) is 12.6 Å². The molecule has 2 aromatic carbocycles. The summed E-state index contributed by atoms with van der Waals surface area (Å²) in [6.07, 6.45) is -7.37. The van der Waals surface area contributed by atoms with Gasteiger partial charge in [0.2, 0.25) is 6.79 Å². The van der Waals surface area contributed by atoms with Crippen LogP contribution in [0.25, 0.3) is 16.8 Å². The van der Waals surface area contributed by atoms with Gasteiger partial charge in [-0.25, -0.2) is 9.59 Å². The second-order valence-electron chi connectivity index (χ2n) is 7.08. The zero-order chi connectivity index (χ0) is 25.3. The number of tetrazole rings is 1. The Morgan fingerprint density at radius 3 is 2.43 bits per heavy atom. The summed E-state index contributed by atoms with van der Waals surface area (Å²) in [5.41, 5.74) is 5.58. The Labute approximate surface area is 191 Å². The number of nitrogens with two attached hydrogens (primary N) is 1. The molecule has 0 aliphatic carbocycles. The van der Waals surface area contributed by atoms with E-state index < -0.39 is 23.9 Å². The van der Waals surface area contributed by atoms with E-state index in [4.69, 9.17) is 15.2 Å². The van der Waals surface area contributed by atoms with Crippen molar-refractivity contribution in [2.24, 2.45) is 5.73 Å². The summed E-state index contributed by atoms with van der Waals surface area (Å²) >= 11 is 0. The second kappa shape index (κ2) is 9.17. The normalized spacial score (nSPS) is 12.5. The monoisotopic (exact) mass is 499 g/mol. The van der Waals surface area contributed by atoms with Gasteiger partial charge in [0, 0.05) is 24.1 Å². The van der Waals surface area contributed by atoms with Crippen molar-refractivity contribution >= 4 is 5.97 Å². The largest absolute Gasteiger partial charge is 0.493 e. The number of nitrogens with zero attached hydrogens (tertiary/aromatic N) is 4. The molecule has 184 valence electrons. The van der Waals surface area contributed by atoms with Crippen LogP contribution in [0.1, 0.15) is 5.56 Å². The molecule has 0 saturated heterocycles. The molecule has 1 aliphatic rings. The summed E-state index contributed by atoms with van der Waals surface area (Å²) < 4.78 is 74.7. The molecule has 1 aromatic heterocycles. The third-order valence-electron chi connectivity index (χ3n) is 4.87. The summed E-state index contributed by atoms with van der Waals surface area (Å²) in [7, 11) is 0. The van der Waals surface area contributed by atoms with Crippen LogP contribution in [-0.2, 0) is 11.2 Å². The van der Waals surface area contributed by atoms with Crippen molar-refractivity contribution in [3.05, 3.63) is 64.1 Å². The van der Waals surface area contributed by atoms with Crippen molar-refractivity contribution in [3.63, 3.8) is 0 Å². The zero-order valence-electron chi connectivity index (χ0n) is 17.4. The van der Waals surface area contributed by atoms with E-state index >= 15 is 0 Å². The molecular weight excluding hydrogens is 485 g/mol. The fraction of sp³-hybridized carbons (Fsp3) is 0.200. The Hall–Kier alpha value is -4.27. The molecule has 0 atom stereocenters. The number of halogens is 5. The SMILES string of the molecule is NCC(Cc1cc(-c2ccc(-n3nnn(OC(=O)C(F)(F)F)c3=O)cc2)cc2c1OCO2)=C(F)F. The lowest BCUT2D eigenvalue weighted by Gasteiger charge is -2.11. The molecule has 0 spiro atoms. The van der Waals surface area contributed by atoms with E-state index in [1.807, 2.05) is 0 Å². The molecule has 0 saturated carbocycles. The molecule has 2 N–H and O–H groups in total. The van der Waals surface area contributed by atoms with Gasteiger partial charge in [0.1, 0.15) is 0 Å². The van der Waals surface area contributed by atoms with E-state index in [0.717, 1.165) is 0 Å². The molecule has 0 fully saturated rings. The predicted octanol–water partition coefficient (Wildman–Crippen LogP) is 1.99. The summed E-state index contributed by atoms with van der Waals surface area (Å²) in [6, 6.07) is 9.15. The summed E-state index contributed by atoms with van der Waals surface area (Å²) in [4.78, 5) is 26.8. The Morgan fingerprint density at radius 2 is 1.80 bits per heavy atom. The molecule has 1 aliphatic heterocycles. The van der Waals surface area contributed by atoms with E-state index in [1.165, 1.54) is 12.1 Å². The minimum absolute atomic E-state index is 0.0814. The maximum absolute atomic E-state index is 13.1. The second-order valence-corrected chi connectivity index (χ2v) is 7.08. The van der Waals surface area contributed by atoms with Gasteiger partial charge in [-0.1, -0.05) is 12.1 Å². The van der Waals surface area contributed by atoms with E-state index in [9.17, 15) is 31.5 Å². The van der Waals surface area contributed by atoms with Crippen LogP contribution >= 0.6 is 0 Å². The van der Waals surface area contributed by atoms with Gasteiger partial charge < -0.3 is 20.0 Å². The lowest BCUT2D eigenvalue weighted by Crippen LogP contribution is -2.39. The molecule has 2 heterocycles. The highest BCUT2D eigenvalue weighted by molar-refractivity contribution is 5.75. The number of rotatable bonds is 6. The molecule has 3 aromatic rings. The average molecular weight is 499 g/mol. The Balaban J connectivity index is 1.63. The third kappa shape index (κ3) is 4.84. The first-order valence-corrected chi connectivity index (χ1v) is 9.69. The Morgan fingerprint density at radius 1 is 1.09 bits per heavy atom. The topological polar surface area (TPSA) is 123 Å². The van der Waals surface area contributed by atoms with Crippen LogP contribution in [0.3, 0.4) is 0 Å². The Bertz CT molecular complexity index is 1360. The average Bonchev–Trinajstić information content (AvgIpc) is 3.43. The van der Waals surface area contributed by atoms with Crippen molar-refractivity contribution < 1.29 is 41.1 Å². The summed E-state index contributed by atoms with van der Waals surface area (Å²) in [6.45, 7) is -0.424. The first-order valence-electron chi connectivity index (χ1n) is 9.69. The smallest absolute Gasteiger partial charge is 0.454 e. The van der Waals surface area contributed by atoms with E-state index in [-0.39, 0.29) is 35.9 Å². The van der Waals surface area contributed by atoms with Crippen LogP contribution < -0.4 is 25.7 Å². The minimum Gasteiger partial charge on any atom is -0.454 e. The maximum atomic E-state index is 13.1. The first-order chi connectivity index (χ1) is 16.6. The minimum atomic E-state index is -5.33. The molecule has 35 heavy (non-hydrogen) atoms. The van der Waals surface area contributed by atoms with Crippen molar-refractivity contribution in [3.8, 4) is 28.3 Å². The van der Waals surface area contributed by atoms with Gasteiger partial charge in [-0.3, -0.25) is 0 Å². The van der Waals surface area contributed by atoms with Crippen LogP contribution in [0.15, 0.2) is 52.8 Å². The summed E-state index contributed by atoms with van der Waals surface area (Å²) in [5, 5.41) is 6.49. The number of benzene rings is 2. The number of hydrogen-bond donors (Lipinski definition) is 1. The third-order valence-corrected chi connectivity index (χ3v) is 4.87. The number of hydrogen-bond acceptors (Lipinski definition) is 8. The lowest BCUT2D eigenvalue weighted by atomic mass is 9.97. The molecule has 4 rings (SSSR count). The molecule has 0 unspecified atom stereocenters. The molecule has 10 nitrogen and oxygen atoms in total. The number of ether oxygens (including phenoxy) is 2. The van der Waals surface area contributed by atoms with Crippen LogP contribution in [0.5, 0.6) is 11.5 Å². The van der Waals surface area contributed by atoms with Crippen LogP contribution in [0, 0.1) is 0 Å². The maximum Gasteiger partial charge on any atom is 0.493 e. The van der Waals surface area contributed by atoms with E-state index in [2.05, 4.69) is 15.3 Å². The highest BCUT2D eigenvalue weighted by Gasteiger charge is 2.42. The van der Waals surface area contributed by atoms with Gasteiger partial charge in [0.25, 0.3) is 6.08 Å². The molecule has 15 heteroatoms. The standard InChI is InChI=1S/C20H14F5N5O5/c21-17(22)13(8-26)6-12-5-11(7-15-16(12)34-9-33-15)10-1-3-14(4-2-10)29-19(32)30(28-27-29)35-18(31)20(23,24)25/h1-5,7H,6,8-9,26H2. The highest BCUT2D eigenvalue weighted by atomic mass is 19.4. The number of carbonyl (C=O) groups is 1. The lowest BCUT2D eigenvalue weighted by molar-refractivity contribution is -0.202. The molecule has 0 amide bonds. The number of carbonyl (C=O) groups excluding carboxylic acids is 1. The van der Waals surface area contributed by atoms with Crippen LogP contribution in [0.4, 0.5) is 22.0 Å². The molecular formula is C20H14F5N5O5. The van der Waals surface area contributed by atoms with E-state index in [1.54, 1.807) is 24.3 Å². The highest BCUT2D eigenvalue weighted by Crippen LogP contribution is 2.41. The van der Waals surface area contributed by atoms with Gasteiger partial charge in [0.05, 0.1) is 5.69 Å². The first kappa shape index (κ1) is 23.9. The van der Waals surface area contributed by atoms with Gasteiger partial charge >= 0.3 is 17.8 Å². The Kier molecular flexibility index (Phi) is 6.26. The predicted molar refractivity (Wildman–Crippen MR) is 107 cm³/mol. The molecule has 0 radical (unpaired) electrons. The van der Waals surface area contributed by atoms with Crippen LogP contribution in [-0.4, -0.2) is 45.4 Å². The van der Waals surface area contributed by atoms with Gasteiger partial charge in [-0.05, 0) is 50.7 Å². The fourth-order valence-electron chi connectivity index (χ4n) is 3.21. The quantitative estimate of drug-likeness (QED) is 0.404. The van der Waals surface area contributed by atoms with Crippen molar-refractivity contribution in [1.29, 1.82) is 0 Å². The van der Waals surface area contributed by atoms with Crippen molar-refractivity contribution in [1.82, 2.24) is 20.0 Å². The van der Waals surface area contributed by atoms with Gasteiger partial charge in [0.15, 0.2) is 11.5 Å². The summed E-state index contributed by atoms with van der Waals surface area (Å²) in [5.74, 6) is -1.96. The zero-order valence-corrected chi connectivity index (χ0v) is 17.4. The number of aromatic nitrogens is 4. The number of alkyl halides is 3. The van der Waals surface area contributed by atoms with Gasteiger partial charge in [-0.15, -0.1) is 0 Å². The fourth-order valence-corrected chi connectivity index (χ4v) is 3.21.